The van der Waals surface area contributed by atoms with E-state index in [-0.39, 0.29) is 11.7 Å². The lowest BCUT2D eigenvalue weighted by Gasteiger charge is -2.37. The van der Waals surface area contributed by atoms with Crippen LogP contribution >= 0.6 is 0 Å². The van der Waals surface area contributed by atoms with Gasteiger partial charge in [0.25, 0.3) is 0 Å². The first-order chi connectivity index (χ1) is 8.57. The van der Waals surface area contributed by atoms with Crippen LogP contribution in [0.3, 0.4) is 0 Å². The number of nitrogens with one attached hydrogen (secondary N) is 1. The Hall–Kier alpha value is -1.26. The van der Waals surface area contributed by atoms with E-state index in [1.165, 1.54) is 0 Å². The van der Waals surface area contributed by atoms with Crippen molar-refractivity contribution in [3.63, 3.8) is 0 Å². The van der Waals surface area contributed by atoms with Crippen molar-refractivity contribution in [3.8, 4) is 11.5 Å². The van der Waals surface area contributed by atoms with Crippen molar-refractivity contribution in [1.82, 2.24) is 5.32 Å². The SMILES string of the molecule is COc1cccc(C2CNCC(C)(C)O2)c1OC. The van der Waals surface area contributed by atoms with Gasteiger partial charge in [0.05, 0.1) is 25.9 Å². The molecule has 1 aliphatic heterocycles. The first kappa shape index (κ1) is 13.2. The van der Waals surface area contributed by atoms with Crippen molar-refractivity contribution in [3.05, 3.63) is 23.8 Å². The molecule has 18 heavy (non-hydrogen) atoms. The van der Waals surface area contributed by atoms with Crippen molar-refractivity contribution in [2.24, 2.45) is 0 Å². The number of ether oxygens (including phenoxy) is 3. The van der Waals surface area contributed by atoms with Crippen LogP contribution in [0.5, 0.6) is 11.5 Å². The topological polar surface area (TPSA) is 39.7 Å². The summed E-state index contributed by atoms with van der Waals surface area (Å²) in [6.07, 6.45) is -0.0150. The van der Waals surface area contributed by atoms with Crippen LogP contribution in [0.4, 0.5) is 0 Å². The van der Waals surface area contributed by atoms with Crippen LogP contribution in [0.1, 0.15) is 25.5 Å². The highest BCUT2D eigenvalue weighted by atomic mass is 16.5. The van der Waals surface area contributed by atoms with E-state index in [2.05, 4.69) is 19.2 Å². The second-order valence-corrected chi connectivity index (χ2v) is 5.08. The van der Waals surface area contributed by atoms with Gasteiger partial charge in [-0.15, -0.1) is 0 Å². The summed E-state index contributed by atoms with van der Waals surface area (Å²) in [5.74, 6) is 1.49. The first-order valence-corrected chi connectivity index (χ1v) is 6.17. The van der Waals surface area contributed by atoms with E-state index in [1.807, 2.05) is 18.2 Å². The summed E-state index contributed by atoms with van der Waals surface area (Å²) < 4.78 is 16.9. The Labute approximate surface area is 108 Å². The van der Waals surface area contributed by atoms with Gasteiger partial charge in [0.2, 0.25) is 0 Å². The Morgan fingerprint density at radius 2 is 2.06 bits per heavy atom. The molecule has 0 saturated carbocycles. The van der Waals surface area contributed by atoms with Crippen molar-refractivity contribution < 1.29 is 14.2 Å². The molecule has 1 N–H and O–H groups in total. The van der Waals surface area contributed by atoms with Crippen LogP contribution in [0.15, 0.2) is 18.2 Å². The monoisotopic (exact) mass is 251 g/mol. The third-order valence-electron chi connectivity index (χ3n) is 3.12. The maximum atomic E-state index is 6.10. The van der Waals surface area contributed by atoms with Crippen molar-refractivity contribution >= 4 is 0 Å². The lowest BCUT2D eigenvalue weighted by atomic mass is 10.0. The molecule has 1 aromatic rings. The smallest absolute Gasteiger partial charge is 0.166 e. The minimum Gasteiger partial charge on any atom is -0.493 e. The van der Waals surface area contributed by atoms with Gasteiger partial charge < -0.3 is 19.5 Å². The highest BCUT2D eigenvalue weighted by Crippen LogP contribution is 2.38. The number of rotatable bonds is 3. The van der Waals surface area contributed by atoms with Crippen molar-refractivity contribution in [2.45, 2.75) is 25.6 Å². The van der Waals surface area contributed by atoms with E-state index < -0.39 is 0 Å². The standard InChI is InChI=1S/C14H21NO3/c1-14(2)9-15-8-12(18-14)10-6-5-7-11(16-3)13(10)17-4/h5-7,12,15H,8-9H2,1-4H3. The Morgan fingerprint density at radius 3 is 2.67 bits per heavy atom. The maximum absolute atomic E-state index is 6.10. The summed E-state index contributed by atoms with van der Waals surface area (Å²) in [5, 5.41) is 3.39. The molecule has 1 aromatic carbocycles. The average Bonchev–Trinajstić information content (AvgIpc) is 2.36. The normalized spacial score (nSPS) is 22.6. The zero-order valence-electron chi connectivity index (χ0n) is 11.4. The number of para-hydroxylation sites is 1. The Kier molecular flexibility index (Phi) is 3.78. The largest absolute Gasteiger partial charge is 0.493 e. The van der Waals surface area contributed by atoms with Crippen molar-refractivity contribution in [1.29, 1.82) is 0 Å². The highest BCUT2D eigenvalue weighted by Gasteiger charge is 2.31. The summed E-state index contributed by atoms with van der Waals surface area (Å²) in [7, 11) is 3.30. The van der Waals surface area contributed by atoms with Crippen LogP contribution in [-0.4, -0.2) is 32.9 Å². The Morgan fingerprint density at radius 1 is 1.28 bits per heavy atom. The molecule has 0 aromatic heterocycles. The summed E-state index contributed by atoms with van der Waals surface area (Å²) in [6.45, 7) is 5.81. The van der Waals surface area contributed by atoms with Crippen molar-refractivity contribution in [2.75, 3.05) is 27.3 Å². The molecule has 0 radical (unpaired) electrons. The molecular weight excluding hydrogens is 230 g/mol. The molecule has 4 nitrogen and oxygen atoms in total. The number of morpholine rings is 1. The van der Waals surface area contributed by atoms with Gasteiger partial charge in [-0.2, -0.15) is 0 Å². The van der Waals surface area contributed by atoms with Crippen LogP contribution in [-0.2, 0) is 4.74 Å². The third-order valence-corrected chi connectivity index (χ3v) is 3.12. The van der Waals surface area contributed by atoms with E-state index in [1.54, 1.807) is 14.2 Å². The summed E-state index contributed by atoms with van der Waals surface area (Å²) in [6, 6.07) is 5.88. The zero-order valence-corrected chi connectivity index (χ0v) is 11.4. The molecule has 1 atom stereocenters. The fourth-order valence-corrected chi connectivity index (χ4v) is 2.31. The van der Waals surface area contributed by atoms with Gasteiger partial charge in [0, 0.05) is 18.7 Å². The number of hydrogen-bond acceptors (Lipinski definition) is 4. The summed E-state index contributed by atoms with van der Waals surface area (Å²) in [4.78, 5) is 0. The summed E-state index contributed by atoms with van der Waals surface area (Å²) >= 11 is 0. The van der Waals surface area contributed by atoms with Gasteiger partial charge in [-0.3, -0.25) is 0 Å². The first-order valence-electron chi connectivity index (χ1n) is 6.17. The molecule has 0 aliphatic carbocycles. The third kappa shape index (κ3) is 2.60. The number of hydrogen-bond donors (Lipinski definition) is 1. The quantitative estimate of drug-likeness (QED) is 0.893. The molecular formula is C14H21NO3. The minimum absolute atomic E-state index is 0.0150. The Balaban J connectivity index is 2.32. The molecule has 100 valence electrons. The average molecular weight is 251 g/mol. The van der Waals surface area contributed by atoms with Crippen LogP contribution in [0.2, 0.25) is 0 Å². The molecule has 1 aliphatic rings. The fourth-order valence-electron chi connectivity index (χ4n) is 2.31. The lowest BCUT2D eigenvalue weighted by molar-refractivity contribution is -0.0965. The fraction of sp³-hybridized carbons (Fsp3) is 0.571. The molecule has 0 bridgehead atoms. The van der Waals surface area contributed by atoms with E-state index in [9.17, 15) is 0 Å². The predicted molar refractivity (Wildman–Crippen MR) is 70.3 cm³/mol. The lowest BCUT2D eigenvalue weighted by Crippen LogP contribution is -2.46. The maximum Gasteiger partial charge on any atom is 0.166 e. The molecule has 1 saturated heterocycles. The van der Waals surface area contributed by atoms with Crippen LogP contribution < -0.4 is 14.8 Å². The van der Waals surface area contributed by atoms with Gasteiger partial charge in [-0.1, -0.05) is 12.1 Å². The second-order valence-electron chi connectivity index (χ2n) is 5.08. The molecule has 2 rings (SSSR count). The van der Waals surface area contributed by atoms with E-state index in [0.717, 1.165) is 30.2 Å². The Bertz CT molecular complexity index is 418. The van der Waals surface area contributed by atoms with Gasteiger partial charge in [0.15, 0.2) is 11.5 Å². The highest BCUT2D eigenvalue weighted by molar-refractivity contribution is 5.48. The van der Waals surface area contributed by atoms with Crippen LogP contribution in [0.25, 0.3) is 0 Å². The minimum atomic E-state index is -0.170. The summed E-state index contributed by atoms with van der Waals surface area (Å²) in [5.41, 5.74) is 0.855. The van der Waals surface area contributed by atoms with E-state index >= 15 is 0 Å². The van der Waals surface area contributed by atoms with Gasteiger partial charge in [-0.25, -0.2) is 0 Å². The molecule has 4 heteroatoms. The predicted octanol–water partition coefficient (Wildman–Crippen LogP) is 2.14. The molecule has 1 heterocycles. The van der Waals surface area contributed by atoms with E-state index in [4.69, 9.17) is 14.2 Å². The molecule has 1 fully saturated rings. The molecule has 0 amide bonds. The molecule has 1 unspecified atom stereocenters. The number of methoxy groups -OCH3 is 2. The van der Waals surface area contributed by atoms with Gasteiger partial charge in [-0.05, 0) is 19.9 Å². The molecule has 0 spiro atoms. The van der Waals surface area contributed by atoms with E-state index in [0.29, 0.717) is 0 Å². The van der Waals surface area contributed by atoms with Crippen LogP contribution in [0, 0.1) is 0 Å². The zero-order chi connectivity index (χ0) is 13.2. The number of benzene rings is 1. The second kappa shape index (κ2) is 5.16. The van der Waals surface area contributed by atoms with Gasteiger partial charge in [0.1, 0.15) is 0 Å². The van der Waals surface area contributed by atoms with Gasteiger partial charge >= 0.3 is 0 Å².